The third-order valence-electron chi connectivity index (χ3n) is 4.10. The van der Waals surface area contributed by atoms with E-state index in [1.165, 1.54) is 31.4 Å². The average Bonchev–Trinajstić information content (AvgIpc) is 3.22. The third kappa shape index (κ3) is 4.38. The lowest BCUT2D eigenvalue weighted by atomic mass is 10.1. The number of carbonyl (C=O) groups is 1. The van der Waals surface area contributed by atoms with Crippen molar-refractivity contribution in [3.63, 3.8) is 0 Å². The zero-order valence-corrected chi connectivity index (χ0v) is 15.5. The largest absolute Gasteiger partial charge is 0.504 e. The van der Waals surface area contributed by atoms with E-state index in [1.807, 2.05) is 0 Å². The van der Waals surface area contributed by atoms with Crippen molar-refractivity contribution in [2.45, 2.75) is 6.92 Å². The van der Waals surface area contributed by atoms with Crippen LogP contribution in [0.3, 0.4) is 0 Å². The molecule has 29 heavy (non-hydrogen) atoms. The number of nitrogens with one attached hydrogen (secondary N) is 2. The second-order valence-electron chi connectivity index (χ2n) is 6.00. The van der Waals surface area contributed by atoms with Crippen molar-refractivity contribution in [3.8, 4) is 22.8 Å². The van der Waals surface area contributed by atoms with Gasteiger partial charge in [-0.05, 0) is 31.2 Å². The predicted octanol–water partition coefficient (Wildman–Crippen LogP) is 2.85. The van der Waals surface area contributed by atoms with Gasteiger partial charge in [0, 0.05) is 23.3 Å². The number of carbonyl (C=O) groups excluding carboxylic acids is 1. The highest BCUT2D eigenvalue weighted by Gasteiger charge is 2.13. The molecular formula is C19H17N5O5. The lowest BCUT2D eigenvalue weighted by molar-refractivity contribution is -0.384. The van der Waals surface area contributed by atoms with Crippen molar-refractivity contribution in [3.05, 3.63) is 69.9 Å². The summed E-state index contributed by atoms with van der Waals surface area (Å²) < 4.78 is 5.05. The lowest BCUT2D eigenvalue weighted by Gasteiger charge is -2.06. The Labute approximate surface area is 165 Å². The molecule has 0 unspecified atom stereocenters. The molecule has 1 amide bonds. The van der Waals surface area contributed by atoms with Crippen molar-refractivity contribution < 1.29 is 19.6 Å². The maximum absolute atomic E-state index is 12.3. The summed E-state index contributed by atoms with van der Waals surface area (Å²) in [5, 5.41) is 31.2. The zero-order chi connectivity index (χ0) is 21.0. The minimum Gasteiger partial charge on any atom is -0.504 e. The molecule has 10 nitrogen and oxygen atoms in total. The van der Waals surface area contributed by atoms with Gasteiger partial charge >= 0.3 is 0 Å². The Hall–Kier alpha value is -4.21. The molecule has 0 fully saturated rings. The van der Waals surface area contributed by atoms with Gasteiger partial charge in [-0.2, -0.15) is 10.2 Å². The van der Waals surface area contributed by atoms with Gasteiger partial charge in [0.25, 0.3) is 11.6 Å². The van der Waals surface area contributed by atoms with E-state index in [2.05, 4.69) is 20.7 Å². The molecule has 0 atom stereocenters. The second-order valence-corrected chi connectivity index (χ2v) is 6.00. The number of benzene rings is 2. The minimum absolute atomic E-state index is 0.000719. The highest BCUT2D eigenvalue weighted by Crippen LogP contribution is 2.26. The van der Waals surface area contributed by atoms with Gasteiger partial charge in [0.05, 0.1) is 23.4 Å². The first-order valence-corrected chi connectivity index (χ1v) is 8.41. The van der Waals surface area contributed by atoms with Crippen LogP contribution in [0.2, 0.25) is 0 Å². The van der Waals surface area contributed by atoms with Crippen LogP contribution < -0.4 is 10.2 Å². The molecule has 2 aromatic carbocycles. The zero-order valence-electron chi connectivity index (χ0n) is 15.5. The van der Waals surface area contributed by atoms with Crippen LogP contribution >= 0.6 is 0 Å². The van der Waals surface area contributed by atoms with Gasteiger partial charge in [0.15, 0.2) is 11.5 Å². The van der Waals surface area contributed by atoms with Crippen LogP contribution in [0.15, 0.2) is 53.6 Å². The maximum atomic E-state index is 12.3. The van der Waals surface area contributed by atoms with Gasteiger partial charge in [-0.25, -0.2) is 5.43 Å². The Morgan fingerprint density at radius 3 is 2.79 bits per heavy atom. The molecule has 3 aromatic rings. The van der Waals surface area contributed by atoms with E-state index in [9.17, 15) is 20.0 Å². The summed E-state index contributed by atoms with van der Waals surface area (Å²) >= 11 is 0. The summed E-state index contributed by atoms with van der Waals surface area (Å²) in [6.45, 7) is 1.69. The molecule has 1 heterocycles. The van der Waals surface area contributed by atoms with Crippen molar-refractivity contribution in [2.75, 3.05) is 7.11 Å². The van der Waals surface area contributed by atoms with E-state index in [-0.39, 0.29) is 17.1 Å². The number of nitro benzene ring substituents is 1. The summed E-state index contributed by atoms with van der Waals surface area (Å²) in [4.78, 5) is 22.7. The molecule has 3 rings (SSSR count). The second kappa shape index (κ2) is 8.21. The lowest BCUT2D eigenvalue weighted by Crippen LogP contribution is -2.19. The number of phenols is 1. The van der Waals surface area contributed by atoms with E-state index in [0.717, 1.165) is 0 Å². The first kappa shape index (κ1) is 19.5. The van der Waals surface area contributed by atoms with Crippen LogP contribution in [0.5, 0.6) is 11.5 Å². The van der Waals surface area contributed by atoms with E-state index in [1.54, 1.807) is 31.2 Å². The number of aromatic amines is 1. The fraction of sp³-hybridized carbons (Fsp3) is 0.105. The quantitative estimate of drug-likeness (QED) is 0.333. The first-order valence-electron chi connectivity index (χ1n) is 8.41. The number of phenolic OH excluding ortho intramolecular Hbond substituents is 1. The number of hydrazone groups is 1. The summed E-state index contributed by atoms with van der Waals surface area (Å²) in [5.41, 5.74) is 4.53. The molecule has 1 aromatic heterocycles. The van der Waals surface area contributed by atoms with Crippen LogP contribution in [-0.2, 0) is 0 Å². The number of aromatic hydroxyl groups is 1. The molecular weight excluding hydrogens is 378 g/mol. The summed E-state index contributed by atoms with van der Waals surface area (Å²) in [6, 6.07) is 12.1. The summed E-state index contributed by atoms with van der Waals surface area (Å²) in [5.74, 6) is -0.239. The maximum Gasteiger partial charge on any atom is 0.289 e. The number of nitrogens with zero attached hydrogens (tertiary/aromatic N) is 3. The SMILES string of the molecule is COc1cc(/C(C)=N/NC(=O)c2cc(-c3cccc([N+](=O)[O-])c3)n[nH]2)ccc1O. The molecule has 0 saturated heterocycles. The van der Waals surface area contributed by atoms with Crippen molar-refractivity contribution in [1.29, 1.82) is 0 Å². The molecule has 3 N–H and O–H groups in total. The van der Waals surface area contributed by atoms with E-state index >= 15 is 0 Å². The molecule has 0 aliphatic heterocycles. The van der Waals surface area contributed by atoms with Gasteiger partial charge in [-0.1, -0.05) is 12.1 Å². The Morgan fingerprint density at radius 2 is 2.07 bits per heavy atom. The Morgan fingerprint density at radius 1 is 1.28 bits per heavy atom. The van der Waals surface area contributed by atoms with E-state index in [0.29, 0.717) is 28.3 Å². The van der Waals surface area contributed by atoms with E-state index in [4.69, 9.17) is 4.74 Å². The number of non-ortho nitro benzene ring substituents is 1. The normalized spacial score (nSPS) is 11.2. The Bertz CT molecular complexity index is 1110. The molecule has 0 aliphatic rings. The summed E-state index contributed by atoms with van der Waals surface area (Å²) in [7, 11) is 1.43. The van der Waals surface area contributed by atoms with Crippen molar-refractivity contribution in [1.82, 2.24) is 15.6 Å². The van der Waals surface area contributed by atoms with Crippen LogP contribution in [0.1, 0.15) is 23.0 Å². The Balaban J connectivity index is 1.74. The fourth-order valence-electron chi connectivity index (χ4n) is 2.53. The topological polar surface area (TPSA) is 143 Å². The molecule has 148 valence electrons. The molecule has 0 saturated carbocycles. The fourth-order valence-corrected chi connectivity index (χ4v) is 2.53. The van der Waals surface area contributed by atoms with Crippen molar-refractivity contribution >= 4 is 17.3 Å². The van der Waals surface area contributed by atoms with Crippen LogP contribution in [0, 0.1) is 10.1 Å². The number of methoxy groups -OCH3 is 1. The van der Waals surface area contributed by atoms with Crippen LogP contribution in [-0.4, -0.2) is 39.0 Å². The van der Waals surface area contributed by atoms with Gasteiger partial charge in [0.1, 0.15) is 5.69 Å². The molecule has 0 aliphatic carbocycles. The van der Waals surface area contributed by atoms with Gasteiger partial charge in [0.2, 0.25) is 0 Å². The summed E-state index contributed by atoms with van der Waals surface area (Å²) in [6.07, 6.45) is 0. The highest BCUT2D eigenvalue weighted by molar-refractivity contribution is 6.01. The number of ether oxygens (including phenoxy) is 1. The van der Waals surface area contributed by atoms with Crippen LogP contribution in [0.4, 0.5) is 5.69 Å². The van der Waals surface area contributed by atoms with Crippen LogP contribution in [0.25, 0.3) is 11.3 Å². The monoisotopic (exact) mass is 395 g/mol. The predicted molar refractivity (Wildman–Crippen MR) is 105 cm³/mol. The van der Waals surface area contributed by atoms with Gasteiger partial charge in [-0.15, -0.1) is 0 Å². The van der Waals surface area contributed by atoms with Gasteiger partial charge in [-0.3, -0.25) is 20.0 Å². The number of hydrogen-bond donors (Lipinski definition) is 3. The standard InChI is InChI=1S/C19H17N5O5/c1-11(12-6-7-17(25)18(9-12)29-2)20-23-19(26)16-10-15(21-22-16)13-4-3-5-14(8-13)24(27)28/h3-10,25H,1-2H3,(H,21,22)(H,23,26)/b20-11+. The number of amides is 1. The van der Waals surface area contributed by atoms with E-state index < -0.39 is 10.8 Å². The minimum atomic E-state index is -0.528. The molecule has 0 spiro atoms. The number of aromatic nitrogens is 2. The first-order chi connectivity index (χ1) is 13.9. The third-order valence-corrected chi connectivity index (χ3v) is 4.10. The smallest absolute Gasteiger partial charge is 0.289 e. The number of rotatable bonds is 6. The Kier molecular flexibility index (Phi) is 5.54. The average molecular weight is 395 g/mol. The highest BCUT2D eigenvalue weighted by atomic mass is 16.6. The number of nitro groups is 1. The molecule has 10 heteroatoms. The number of H-pyrrole nitrogens is 1. The molecule has 0 radical (unpaired) electrons. The van der Waals surface area contributed by atoms with Gasteiger partial charge < -0.3 is 9.84 Å². The molecule has 0 bridgehead atoms. The van der Waals surface area contributed by atoms with Crippen molar-refractivity contribution in [2.24, 2.45) is 5.10 Å². The number of hydrogen-bond acceptors (Lipinski definition) is 7.